The first-order valence-electron chi connectivity index (χ1n) is 6.59. The predicted molar refractivity (Wildman–Crippen MR) is 78.2 cm³/mol. The Balaban J connectivity index is 2.32. The zero-order valence-electron chi connectivity index (χ0n) is 11.6. The van der Waals surface area contributed by atoms with Crippen LogP contribution < -0.4 is 5.32 Å². The van der Waals surface area contributed by atoms with Crippen molar-refractivity contribution in [3.05, 3.63) is 36.1 Å². The molecule has 0 aliphatic carbocycles. The minimum Gasteiger partial charge on any atom is -0.391 e. The standard InChI is InChI=1S/C15H25BN/c1-6-12(4)13(5)17-15-8-7-14(10-16-15)9-11(2)3/h6,14-15,17H,2,5,7-10H2,1,3-4H3/b12-6+. The van der Waals surface area contributed by atoms with Crippen molar-refractivity contribution in [2.75, 3.05) is 0 Å². The second-order valence-corrected chi connectivity index (χ2v) is 5.28. The van der Waals surface area contributed by atoms with Gasteiger partial charge in [-0.15, -0.1) is 6.58 Å². The first kappa shape index (κ1) is 14.1. The number of allylic oxidation sites excluding steroid dienone is 3. The molecule has 2 unspecified atom stereocenters. The van der Waals surface area contributed by atoms with Crippen LogP contribution in [-0.4, -0.2) is 13.2 Å². The maximum atomic E-state index is 4.07. The summed E-state index contributed by atoms with van der Waals surface area (Å²) in [5, 5.41) is 3.50. The normalized spacial score (nSPS) is 25.0. The Kier molecular flexibility index (Phi) is 5.60. The van der Waals surface area contributed by atoms with Gasteiger partial charge in [0, 0.05) is 5.70 Å². The van der Waals surface area contributed by atoms with Gasteiger partial charge >= 0.3 is 0 Å². The van der Waals surface area contributed by atoms with Gasteiger partial charge in [0.15, 0.2) is 0 Å². The van der Waals surface area contributed by atoms with Crippen LogP contribution in [0.15, 0.2) is 36.1 Å². The van der Waals surface area contributed by atoms with E-state index in [9.17, 15) is 0 Å². The van der Waals surface area contributed by atoms with E-state index in [1.807, 2.05) is 0 Å². The fraction of sp³-hybridized carbons (Fsp3) is 0.600. The van der Waals surface area contributed by atoms with Gasteiger partial charge in [-0.3, -0.25) is 0 Å². The van der Waals surface area contributed by atoms with Gasteiger partial charge in [-0.2, -0.15) is 0 Å². The molecule has 0 bridgehead atoms. The predicted octanol–water partition coefficient (Wildman–Crippen LogP) is 3.88. The molecule has 1 heterocycles. The van der Waals surface area contributed by atoms with Crippen molar-refractivity contribution in [1.29, 1.82) is 0 Å². The Morgan fingerprint density at radius 3 is 2.53 bits per heavy atom. The summed E-state index contributed by atoms with van der Waals surface area (Å²) in [6.07, 6.45) is 6.99. The highest BCUT2D eigenvalue weighted by Crippen LogP contribution is 2.26. The first-order chi connectivity index (χ1) is 8.02. The van der Waals surface area contributed by atoms with Crippen LogP contribution in [0.4, 0.5) is 0 Å². The summed E-state index contributed by atoms with van der Waals surface area (Å²) < 4.78 is 0. The smallest absolute Gasteiger partial charge is 0.140 e. The van der Waals surface area contributed by atoms with Gasteiger partial charge in [-0.05, 0) is 57.5 Å². The van der Waals surface area contributed by atoms with Gasteiger partial charge in [-0.25, -0.2) is 0 Å². The highest BCUT2D eigenvalue weighted by atomic mass is 14.9. The molecule has 0 aromatic rings. The zero-order valence-corrected chi connectivity index (χ0v) is 11.6. The molecule has 2 atom stereocenters. The molecule has 17 heavy (non-hydrogen) atoms. The summed E-state index contributed by atoms with van der Waals surface area (Å²) >= 11 is 0. The molecule has 1 rings (SSSR count). The average molecular weight is 230 g/mol. The number of hydrogen-bond acceptors (Lipinski definition) is 1. The molecule has 0 saturated carbocycles. The Labute approximate surface area is 107 Å². The molecule has 1 aliphatic rings. The fourth-order valence-electron chi connectivity index (χ4n) is 2.33. The highest BCUT2D eigenvalue weighted by Gasteiger charge is 2.22. The second kappa shape index (κ2) is 6.73. The van der Waals surface area contributed by atoms with Crippen molar-refractivity contribution in [3.63, 3.8) is 0 Å². The van der Waals surface area contributed by atoms with Crippen LogP contribution in [0.2, 0.25) is 6.32 Å². The van der Waals surface area contributed by atoms with Gasteiger partial charge in [0.1, 0.15) is 7.28 Å². The molecule has 1 radical (unpaired) electrons. The van der Waals surface area contributed by atoms with E-state index in [2.05, 4.69) is 52.6 Å². The molecule has 1 N–H and O–H groups in total. The summed E-state index contributed by atoms with van der Waals surface area (Å²) in [6.45, 7) is 14.4. The van der Waals surface area contributed by atoms with E-state index in [0.29, 0.717) is 5.94 Å². The first-order valence-corrected chi connectivity index (χ1v) is 6.59. The van der Waals surface area contributed by atoms with Crippen LogP contribution in [0.25, 0.3) is 0 Å². The van der Waals surface area contributed by atoms with E-state index in [0.717, 1.165) is 11.6 Å². The van der Waals surface area contributed by atoms with Crippen LogP contribution in [0.5, 0.6) is 0 Å². The lowest BCUT2D eigenvalue weighted by molar-refractivity contribution is 0.453. The molecule has 2 heteroatoms. The Hall–Kier alpha value is -0.915. The zero-order chi connectivity index (χ0) is 12.8. The van der Waals surface area contributed by atoms with Crippen molar-refractivity contribution < 1.29 is 0 Å². The van der Waals surface area contributed by atoms with Crippen LogP contribution in [-0.2, 0) is 0 Å². The molecule has 0 aromatic heterocycles. The van der Waals surface area contributed by atoms with E-state index in [-0.39, 0.29) is 0 Å². The van der Waals surface area contributed by atoms with Crippen molar-refractivity contribution in [2.24, 2.45) is 5.92 Å². The molecule has 0 aromatic carbocycles. The van der Waals surface area contributed by atoms with Crippen LogP contribution in [0.1, 0.15) is 40.0 Å². The Morgan fingerprint density at radius 1 is 1.35 bits per heavy atom. The summed E-state index contributed by atoms with van der Waals surface area (Å²) in [6, 6.07) is 0. The van der Waals surface area contributed by atoms with E-state index in [1.54, 1.807) is 0 Å². The third-order valence-corrected chi connectivity index (χ3v) is 3.55. The summed E-state index contributed by atoms with van der Waals surface area (Å²) in [5.74, 6) is 1.31. The highest BCUT2D eigenvalue weighted by molar-refractivity contribution is 6.38. The van der Waals surface area contributed by atoms with Crippen LogP contribution >= 0.6 is 0 Å². The molecule has 0 spiro atoms. The lowest BCUT2D eigenvalue weighted by Crippen LogP contribution is -2.38. The van der Waals surface area contributed by atoms with Gasteiger partial charge in [0.25, 0.3) is 0 Å². The Bertz CT molecular complexity index is 309. The molecule has 1 fully saturated rings. The molecule has 1 aliphatic heterocycles. The maximum Gasteiger partial charge on any atom is 0.140 e. The van der Waals surface area contributed by atoms with Gasteiger partial charge in [-0.1, -0.05) is 24.5 Å². The SMILES string of the molecule is C=C(C)CC1C[B]C(NC(=C)/C(C)=C/C)CC1. The lowest BCUT2D eigenvalue weighted by Gasteiger charge is -2.30. The largest absolute Gasteiger partial charge is 0.391 e. The number of hydrogen-bond donors (Lipinski definition) is 1. The van der Waals surface area contributed by atoms with Crippen molar-refractivity contribution in [1.82, 2.24) is 5.32 Å². The second-order valence-electron chi connectivity index (χ2n) is 5.28. The third kappa shape index (κ3) is 4.85. The Morgan fingerprint density at radius 2 is 2.06 bits per heavy atom. The van der Waals surface area contributed by atoms with Crippen molar-refractivity contribution >= 4 is 7.28 Å². The van der Waals surface area contributed by atoms with E-state index >= 15 is 0 Å². The van der Waals surface area contributed by atoms with E-state index < -0.39 is 0 Å². The molecular formula is C15H25BN. The molecule has 1 saturated heterocycles. The lowest BCUT2D eigenvalue weighted by atomic mass is 9.55. The number of rotatable bonds is 5. The minimum absolute atomic E-state index is 0.499. The summed E-state index contributed by atoms with van der Waals surface area (Å²) in [7, 11) is 2.41. The fourth-order valence-corrected chi connectivity index (χ4v) is 2.33. The van der Waals surface area contributed by atoms with E-state index in [4.69, 9.17) is 0 Å². The average Bonchev–Trinajstić information content (AvgIpc) is 2.30. The van der Waals surface area contributed by atoms with Gasteiger partial charge in [0.2, 0.25) is 0 Å². The van der Waals surface area contributed by atoms with Crippen molar-refractivity contribution in [2.45, 2.75) is 52.3 Å². The molecule has 93 valence electrons. The molecule has 0 amide bonds. The number of nitrogens with one attached hydrogen (secondary N) is 1. The molecule has 1 nitrogen and oxygen atoms in total. The van der Waals surface area contributed by atoms with Crippen LogP contribution in [0.3, 0.4) is 0 Å². The summed E-state index contributed by atoms with van der Waals surface area (Å²) in [4.78, 5) is 0. The quantitative estimate of drug-likeness (QED) is 0.429. The monoisotopic (exact) mass is 230 g/mol. The summed E-state index contributed by atoms with van der Waals surface area (Å²) in [5.41, 5.74) is 3.61. The van der Waals surface area contributed by atoms with Gasteiger partial charge in [0.05, 0.1) is 0 Å². The topological polar surface area (TPSA) is 12.0 Å². The molecular weight excluding hydrogens is 205 g/mol. The maximum absolute atomic E-state index is 4.07. The van der Waals surface area contributed by atoms with E-state index in [1.165, 1.54) is 36.7 Å². The van der Waals surface area contributed by atoms with Crippen molar-refractivity contribution in [3.8, 4) is 0 Å². The van der Waals surface area contributed by atoms with Crippen LogP contribution in [0, 0.1) is 5.92 Å². The van der Waals surface area contributed by atoms with Gasteiger partial charge < -0.3 is 5.32 Å². The minimum atomic E-state index is 0.499. The third-order valence-electron chi connectivity index (χ3n) is 3.55.